The van der Waals surface area contributed by atoms with E-state index in [1.807, 2.05) is 19.1 Å². The lowest BCUT2D eigenvalue weighted by Gasteiger charge is -2.24. The lowest BCUT2D eigenvalue weighted by molar-refractivity contribution is 0.171. The molecule has 1 atom stereocenters. The van der Waals surface area contributed by atoms with Crippen LogP contribution in [-0.2, 0) is 4.74 Å². The van der Waals surface area contributed by atoms with Crippen molar-refractivity contribution >= 4 is 23.0 Å². The third-order valence-corrected chi connectivity index (χ3v) is 3.16. The lowest BCUT2D eigenvalue weighted by Crippen LogP contribution is -2.30. The Morgan fingerprint density at radius 1 is 1.41 bits per heavy atom. The number of rotatable bonds is 5. The van der Waals surface area contributed by atoms with Crippen molar-refractivity contribution in [1.29, 1.82) is 0 Å². The number of nitrogen functional groups attached to an aromatic ring is 1. The van der Waals surface area contributed by atoms with Crippen molar-refractivity contribution in [2.75, 3.05) is 24.8 Å². The van der Waals surface area contributed by atoms with E-state index in [1.165, 1.54) is 0 Å². The van der Waals surface area contributed by atoms with Crippen molar-refractivity contribution < 1.29 is 4.74 Å². The first-order valence-electron chi connectivity index (χ1n) is 5.76. The van der Waals surface area contributed by atoms with Gasteiger partial charge in [0.15, 0.2) is 0 Å². The van der Waals surface area contributed by atoms with E-state index in [0.717, 1.165) is 11.3 Å². The van der Waals surface area contributed by atoms with E-state index in [4.69, 9.17) is 22.1 Å². The van der Waals surface area contributed by atoms with Crippen LogP contribution in [0.3, 0.4) is 0 Å². The van der Waals surface area contributed by atoms with Gasteiger partial charge in [-0.25, -0.2) is 0 Å². The standard InChI is InChI=1S/C13H21ClN2O/c1-8(2)13(7-17-4)16-12-6-10(14)11(15)5-9(12)3/h5-6,8,13,16H,7,15H2,1-4H3. The van der Waals surface area contributed by atoms with Gasteiger partial charge >= 0.3 is 0 Å². The van der Waals surface area contributed by atoms with E-state index in [0.29, 0.717) is 23.2 Å². The zero-order chi connectivity index (χ0) is 13.0. The molecule has 0 bridgehead atoms. The second kappa shape index (κ2) is 6.12. The van der Waals surface area contributed by atoms with Gasteiger partial charge in [-0.3, -0.25) is 0 Å². The quantitative estimate of drug-likeness (QED) is 0.795. The molecule has 0 saturated carbocycles. The number of anilines is 2. The van der Waals surface area contributed by atoms with E-state index in [-0.39, 0.29) is 6.04 Å². The van der Waals surface area contributed by atoms with Crippen LogP contribution in [0, 0.1) is 12.8 Å². The third kappa shape index (κ3) is 3.79. The van der Waals surface area contributed by atoms with Crippen LogP contribution in [-0.4, -0.2) is 19.8 Å². The summed E-state index contributed by atoms with van der Waals surface area (Å²) in [5, 5.41) is 4.03. The largest absolute Gasteiger partial charge is 0.398 e. The molecule has 17 heavy (non-hydrogen) atoms. The fraction of sp³-hybridized carbons (Fsp3) is 0.538. The number of methoxy groups -OCH3 is 1. The number of halogens is 1. The van der Waals surface area contributed by atoms with Gasteiger partial charge in [0.2, 0.25) is 0 Å². The van der Waals surface area contributed by atoms with Crippen LogP contribution in [0.5, 0.6) is 0 Å². The minimum atomic E-state index is 0.262. The summed E-state index contributed by atoms with van der Waals surface area (Å²) in [5.74, 6) is 0.477. The van der Waals surface area contributed by atoms with Gasteiger partial charge < -0.3 is 15.8 Å². The highest BCUT2D eigenvalue weighted by molar-refractivity contribution is 6.33. The highest BCUT2D eigenvalue weighted by Gasteiger charge is 2.14. The number of hydrogen-bond donors (Lipinski definition) is 2. The molecule has 1 aromatic carbocycles. The van der Waals surface area contributed by atoms with E-state index in [1.54, 1.807) is 7.11 Å². The first kappa shape index (κ1) is 14.1. The lowest BCUT2D eigenvalue weighted by atomic mass is 10.0. The summed E-state index contributed by atoms with van der Waals surface area (Å²) < 4.78 is 5.21. The molecule has 3 nitrogen and oxygen atoms in total. The van der Waals surface area contributed by atoms with Crippen LogP contribution in [0.4, 0.5) is 11.4 Å². The molecule has 0 aliphatic heterocycles. The van der Waals surface area contributed by atoms with Gasteiger partial charge in [0.1, 0.15) is 0 Å². The van der Waals surface area contributed by atoms with Gasteiger partial charge in [-0.15, -0.1) is 0 Å². The molecule has 0 fully saturated rings. The van der Waals surface area contributed by atoms with Crippen molar-refractivity contribution in [3.8, 4) is 0 Å². The van der Waals surface area contributed by atoms with E-state index in [2.05, 4.69) is 19.2 Å². The molecular weight excluding hydrogens is 236 g/mol. The summed E-state index contributed by atoms with van der Waals surface area (Å²) in [6.45, 7) is 6.99. The number of ether oxygens (including phenoxy) is 1. The molecule has 3 N–H and O–H groups in total. The van der Waals surface area contributed by atoms with Gasteiger partial charge in [-0.1, -0.05) is 25.4 Å². The maximum absolute atomic E-state index is 6.03. The Kier molecular flexibility index (Phi) is 5.09. The molecule has 96 valence electrons. The van der Waals surface area contributed by atoms with Crippen molar-refractivity contribution in [3.05, 3.63) is 22.7 Å². The maximum Gasteiger partial charge on any atom is 0.0666 e. The predicted octanol–water partition coefficient (Wildman–Crippen LogP) is 3.31. The molecule has 1 aromatic rings. The normalized spacial score (nSPS) is 12.8. The molecule has 0 heterocycles. The van der Waals surface area contributed by atoms with Crippen LogP contribution in [0.15, 0.2) is 12.1 Å². The Morgan fingerprint density at radius 3 is 2.59 bits per heavy atom. The van der Waals surface area contributed by atoms with E-state index in [9.17, 15) is 0 Å². The van der Waals surface area contributed by atoms with E-state index < -0.39 is 0 Å². The first-order valence-corrected chi connectivity index (χ1v) is 6.14. The average Bonchev–Trinajstić information content (AvgIpc) is 2.24. The first-order chi connectivity index (χ1) is 7.95. The summed E-state index contributed by atoms with van der Waals surface area (Å²) in [4.78, 5) is 0. The summed E-state index contributed by atoms with van der Waals surface area (Å²) in [5.41, 5.74) is 8.47. The van der Waals surface area contributed by atoms with Gasteiger partial charge in [0.05, 0.1) is 23.4 Å². The average molecular weight is 257 g/mol. The minimum Gasteiger partial charge on any atom is -0.398 e. The predicted molar refractivity (Wildman–Crippen MR) is 74.7 cm³/mol. The molecule has 4 heteroatoms. The number of hydrogen-bond acceptors (Lipinski definition) is 3. The zero-order valence-corrected chi connectivity index (χ0v) is 11.6. The number of nitrogens with one attached hydrogen (secondary N) is 1. The Balaban J connectivity index is 2.89. The van der Waals surface area contributed by atoms with Crippen LogP contribution in [0.25, 0.3) is 0 Å². The maximum atomic E-state index is 6.03. The van der Waals surface area contributed by atoms with Crippen LogP contribution in [0.2, 0.25) is 5.02 Å². The van der Waals surface area contributed by atoms with E-state index >= 15 is 0 Å². The molecule has 1 unspecified atom stereocenters. The molecule has 0 aromatic heterocycles. The molecule has 0 amide bonds. The van der Waals surface area contributed by atoms with Crippen molar-refractivity contribution in [1.82, 2.24) is 0 Å². The third-order valence-electron chi connectivity index (χ3n) is 2.84. The second-order valence-electron chi connectivity index (χ2n) is 4.64. The van der Waals surface area contributed by atoms with Gasteiger partial charge in [0, 0.05) is 12.8 Å². The highest BCUT2D eigenvalue weighted by Crippen LogP contribution is 2.27. The molecular formula is C13H21ClN2O. The summed E-state index contributed by atoms with van der Waals surface area (Å²) in [7, 11) is 1.71. The van der Waals surface area contributed by atoms with Crippen LogP contribution >= 0.6 is 11.6 Å². The smallest absolute Gasteiger partial charge is 0.0666 e. The SMILES string of the molecule is COCC(Nc1cc(Cl)c(N)cc1C)C(C)C. The van der Waals surface area contributed by atoms with Crippen LogP contribution in [0.1, 0.15) is 19.4 Å². The van der Waals surface area contributed by atoms with Gasteiger partial charge in [0.25, 0.3) is 0 Å². The fourth-order valence-electron chi connectivity index (χ4n) is 1.64. The Labute approximate surface area is 108 Å². The van der Waals surface area contributed by atoms with Gasteiger partial charge in [-0.05, 0) is 30.5 Å². The topological polar surface area (TPSA) is 47.3 Å². The molecule has 0 aliphatic rings. The Bertz CT molecular complexity index is 380. The van der Waals surface area contributed by atoms with Crippen molar-refractivity contribution in [3.63, 3.8) is 0 Å². The molecule has 0 aliphatic carbocycles. The summed E-state index contributed by atoms with van der Waals surface area (Å²) in [6.07, 6.45) is 0. The monoisotopic (exact) mass is 256 g/mol. The summed E-state index contributed by atoms with van der Waals surface area (Å²) in [6, 6.07) is 4.02. The number of aryl methyl sites for hydroxylation is 1. The Morgan fingerprint density at radius 2 is 2.06 bits per heavy atom. The summed E-state index contributed by atoms with van der Waals surface area (Å²) >= 11 is 6.03. The van der Waals surface area contributed by atoms with Crippen molar-refractivity contribution in [2.45, 2.75) is 26.8 Å². The minimum absolute atomic E-state index is 0.262. The van der Waals surface area contributed by atoms with Crippen LogP contribution < -0.4 is 11.1 Å². The fourth-order valence-corrected chi connectivity index (χ4v) is 1.80. The number of benzene rings is 1. The molecule has 0 saturated heterocycles. The molecule has 0 radical (unpaired) electrons. The van der Waals surface area contributed by atoms with Crippen molar-refractivity contribution in [2.24, 2.45) is 5.92 Å². The van der Waals surface area contributed by atoms with Gasteiger partial charge in [-0.2, -0.15) is 0 Å². The molecule has 1 rings (SSSR count). The second-order valence-corrected chi connectivity index (χ2v) is 5.05. The molecule has 0 spiro atoms. The highest BCUT2D eigenvalue weighted by atomic mass is 35.5. The number of nitrogens with two attached hydrogens (primary N) is 1. The zero-order valence-electron chi connectivity index (χ0n) is 10.9. The Hall–Kier alpha value is -0.930.